The Hall–Kier alpha value is -1.71. The van der Waals surface area contributed by atoms with E-state index in [-0.39, 0.29) is 10.6 Å². The van der Waals surface area contributed by atoms with E-state index in [1.807, 2.05) is 30.3 Å². The predicted molar refractivity (Wildman–Crippen MR) is 121 cm³/mol. The number of carbonyl (C=O) groups excluding carboxylic acids is 1. The summed E-state index contributed by atoms with van der Waals surface area (Å²) in [6.07, 6.45) is 0.206. The molecule has 2 aromatic carbocycles. The first-order chi connectivity index (χ1) is 13.8. The number of benzene rings is 2. The fourth-order valence-corrected chi connectivity index (χ4v) is 6.08. The van der Waals surface area contributed by atoms with E-state index < -0.39 is 22.0 Å². The highest BCUT2D eigenvalue weighted by Gasteiger charge is 2.27. The Balaban J connectivity index is 1.88. The number of halogens is 2. The zero-order chi connectivity index (χ0) is 21.0. The van der Waals surface area contributed by atoms with Crippen LogP contribution in [-0.2, 0) is 21.2 Å². The summed E-state index contributed by atoms with van der Waals surface area (Å²) in [6.45, 7) is 1.79. The summed E-state index contributed by atoms with van der Waals surface area (Å²) in [4.78, 5) is 13.0. The minimum atomic E-state index is -3.86. The average molecular weight is 514 g/mol. The predicted octanol–water partition coefficient (Wildman–Crippen LogP) is 5.00. The van der Waals surface area contributed by atoms with Gasteiger partial charge in [0.15, 0.2) is 0 Å². The number of hydrogen-bond donors (Lipinski definition) is 2. The van der Waals surface area contributed by atoms with Crippen molar-refractivity contribution in [1.29, 1.82) is 0 Å². The van der Waals surface area contributed by atoms with Gasteiger partial charge in [0.1, 0.15) is 10.3 Å². The van der Waals surface area contributed by atoms with E-state index in [0.717, 1.165) is 16.9 Å². The zero-order valence-electron chi connectivity index (χ0n) is 15.4. The molecule has 152 valence electrons. The molecule has 2 N–H and O–H groups in total. The standard InChI is InChI=1S/C20H18BrClN2O3S2/c1-13-15(22)8-5-9-16(13)23-20(25)17(12-14-6-3-2-4-7-14)24-29(26,27)19-11-10-18(21)28-19/h2-11,17,24H,12H2,1H3,(H,23,25). The molecule has 1 heterocycles. The van der Waals surface area contributed by atoms with Crippen molar-refractivity contribution in [2.45, 2.75) is 23.6 Å². The topological polar surface area (TPSA) is 75.3 Å². The Bertz CT molecular complexity index is 1120. The number of rotatable bonds is 7. The van der Waals surface area contributed by atoms with Crippen LogP contribution < -0.4 is 10.0 Å². The lowest BCUT2D eigenvalue weighted by Crippen LogP contribution is -2.45. The number of sulfonamides is 1. The molecule has 1 aromatic heterocycles. The van der Waals surface area contributed by atoms with Crippen LogP contribution in [-0.4, -0.2) is 20.4 Å². The van der Waals surface area contributed by atoms with Gasteiger partial charge in [-0.05, 0) is 64.7 Å². The van der Waals surface area contributed by atoms with E-state index in [4.69, 9.17) is 11.6 Å². The second-order valence-electron chi connectivity index (χ2n) is 6.32. The van der Waals surface area contributed by atoms with Crippen LogP contribution in [0.3, 0.4) is 0 Å². The first-order valence-corrected chi connectivity index (χ1v) is 12.1. The zero-order valence-corrected chi connectivity index (χ0v) is 19.3. The quantitative estimate of drug-likeness (QED) is 0.467. The van der Waals surface area contributed by atoms with Crippen molar-refractivity contribution >= 4 is 60.5 Å². The summed E-state index contributed by atoms with van der Waals surface area (Å²) in [7, 11) is -3.86. The molecule has 0 spiro atoms. The first-order valence-electron chi connectivity index (χ1n) is 8.64. The fourth-order valence-electron chi connectivity index (χ4n) is 2.69. The van der Waals surface area contributed by atoms with E-state index >= 15 is 0 Å². The maximum Gasteiger partial charge on any atom is 0.250 e. The number of carbonyl (C=O) groups is 1. The lowest BCUT2D eigenvalue weighted by atomic mass is 10.1. The summed E-state index contributed by atoms with van der Waals surface area (Å²) >= 11 is 10.5. The van der Waals surface area contributed by atoms with Gasteiger partial charge in [-0.25, -0.2) is 8.42 Å². The van der Waals surface area contributed by atoms with E-state index in [0.29, 0.717) is 20.1 Å². The van der Waals surface area contributed by atoms with E-state index in [1.54, 1.807) is 31.2 Å². The summed E-state index contributed by atoms with van der Waals surface area (Å²) in [5.74, 6) is -0.460. The number of nitrogens with one attached hydrogen (secondary N) is 2. The highest BCUT2D eigenvalue weighted by Crippen LogP contribution is 2.27. The summed E-state index contributed by atoms with van der Waals surface area (Å²) in [6, 6.07) is 16.6. The van der Waals surface area contributed by atoms with E-state index in [2.05, 4.69) is 26.0 Å². The third kappa shape index (κ3) is 5.67. The molecule has 0 bridgehead atoms. The van der Waals surface area contributed by atoms with Crippen LogP contribution in [0, 0.1) is 6.92 Å². The molecule has 0 radical (unpaired) electrons. The largest absolute Gasteiger partial charge is 0.324 e. The highest BCUT2D eigenvalue weighted by molar-refractivity contribution is 9.11. The Morgan fingerprint density at radius 3 is 2.48 bits per heavy atom. The Kier molecular flexibility index (Phi) is 7.13. The van der Waals surface area contributed by atoms with Gasteiger partial charge < -0.3 is 5.32 Å². The monoisotopic (exact) mass is 512 g/mol. The number of thiophene rings is 1. The van der Waals surface area contributed by atoms with E-state index in [1.165, 1.54) is 6.07 Å². The maximum absolute atomic E-state index is 13.0. The molecule has 0 saturated carbocycles. The second-order valence-corrected chi connectivity index (χ2v) is 11.1. The number of hydrogen-bond acceptors (Lipinski definition) is 4. The highest BCUT2D eigenvalue weighted by atomic mass is 79.9. The van der Waals surface area contributed by atoms with Gasteiger partial charge in [-0.2, -0.15) is 4.72 Å². The van der Waals surface area contributed by atoms with Crippen LogP contribution in [0.15, 0.2) is 68.7 Å². The molecule has 1 unspecified atom stereocenters. The Morgan fingerprint density at radius 2 is 1.83 bits per heavy atom. The molecule has 1 amide bonds. The molecule has 3 rings (SSSR count). The van der Waals surface area contributed by atoms with Crippen molar-refractivity contribution in [3.05, 3.63) is 80.6 Å². The Labute approximate surface area is 187 Å². The van der Waals surface area contributed by atoms with Crippen LogP contribution in [0.1, 0.15) is 11.1 Å². The normalized spacial score (nSPS) is 12.5. The van der Waals surface area contributed by atoms with E-state index in [9.17, 15) is 13.2 Å². The van der Waals surface area contributed by atoms with Gasteiger partial charge in [0.2, 0.25) is 5.91 Å². The number of amides is 1. The average Bonchev–Trinajstić information content (AvgIpc) is 3.13. The van der Waals surface area contributed by atoms with Crippen molar-refractivity contribution in [3.63, 3.8) is 0 Å². The van der Waals surface area contributed by atoms with Crippen molar-refractivity contribution in [3.8, 4) is 0 Å². The molecule has 5 nitrogen and oxygen atoms in total. The maximum atomic E-state index is 13.0. The summed E-state index contributed by atoms with van der Waals surface area (Å²) in [5.41, 5.74) is 2.09. The van der Waals surface area contributed by atoms with Crippen molar-refractivity contribution in [2.24, 2.45) is 0 Å². The smallest absolute Gasteiger partial charge is 0.250 e. The van der Waals surface area contributed by atoms with Crippen LogP contribution in [0.2, 0.25) is 5.02 Å². The third-order valence-electron chi connectivity index (χ3n) is 4.24. The van der Waals surface area contributed by atoms with Gasteiger partial charge in [-0.15, -0.1) is 11.3 Å². The molecule has 0 fully saturated rings. The van der Waals surface area contributed by atoms with Crippen LogP contribution in [0.5, 0.6) is 0 Å². The SMILES string of the molecule is Cc1c(Cl)cccc1NC(=O)C(Cc1ccccc1)NS(=O)(=O)c1ccc(Br)s1. The van der Waals surface area contributed by atoms with Gasteiger partial charge in [-0.1, -0.05) is 48.0 Å². The lowest BCUT2D eigenvalue weighted by molar-refractivity contribution is -0.117. The minimum absolute atomic E-state index is 0.133. The third-order valence-corrected chi connectivity index (χ3v) is 8.23. The molecule has 29 heavy (non-hydrogen) atoms. The fraction of sp³-hybridized carbons (Fsp3) is 0.150. The van der Waals surface area contributed by atoms with Crippen LogP contribution in [0.4, 0.5) is 5.69 Å². The molecular weight excluding hydrogens is 496 g/mol. The molecular formula is C20H18BrClN2O3S2. The molecule has 0 aliphatic carbocycles. The molecule has 0 saturated heterocycles. The second kappa shape index (κ2) is 9.40. The summed E-state index contributed by atoms with van der Waals surface area (Å²) < 4.78 is 29.0. The minimum Gasteiger partial charge on any atom is -0.324 e. The molecule has 0 aliphatic rings. The van der Waals surface area contributed by atoms with Gasteiger partial charge in [0.05, 0.1) is 3.79 Å². The van der Waals surface area contributed by atoms with Gasteiger partial charge in [-0.3, -0.25) is 4.79 Å². The molecule has 0 aliphatic heterocycles. The van der Waals surface area contributed by atoms with Crippen LogP contribution in [0.25, 0.3) is 0 Å². The van der Waals surface area contributed by atoms with Crippen molar-refractivity contribution in [2.75, 3.05) is 5.32 Å². The van der Waals surface area contributed by atoms with Gasteiger partial charge >= 0.3 is 0 Å². The van der Waals surface area contributed by atoms with Gasteiger partial charge in [0.25, 0.3) is 10.0 Å². The van der Waals surface area contributed by atoms with Crippen molar-refractivity contribution in [1.82, 2.24) is 4.72 Å². The number of anilines is 1. The van der Waals surface area contributed by atoms with Gasteiger partial charge in [0, 0.05) is 10.7 Å². The first kappa shape index (κ1) is 22.0. The van der Waals surface area contributed by atoms with Crippen molar-refractivity contribution < 1.29 is 13.2 Å². The lowest BCUT2D eigenvalue weighted by Gasteiger charge is -2.19. The molecule has 9 heteroatoms. The Morgan fingerprint density at radius 1 is 1.10 bits per heavy atom. The molecule has 3 aromatic rings. The molecule has 1 atom stereocenters. The van der Waals surface area contributed by atoms with Crippen LogP contribution >= 0.6 is 38.9 Å². The summed E-state index contributed by atoms with van der Waals surface area (Å²) in [5, 5.41) is 3.31.